The highest BCUT2D eigenvalue weighted by Crippen LogP contribution is 2.29. The number of methoxy groups -OCH3 is 2. The van der Waals surface area contributed by atoms with Crippen LogP contribution in [0.5, 0.6) is 11.5 Å². The fourth-order valence-corrected chi connectivity index (χ4v) is 6.39. The van der Waals surface area contributed by atoms with Crippen LogP contribution in [0.3, 0.4) is 0 Å². The van der Waals surface area contributed by atoms with Crippen LogP contribution in [0.25, 0.3) is 20.2 Å². The van der Waals surface area contributed by atoms with Gasteiger partial charge in [0.2, 0.25) is 0 Å². The maximum atomic E-state index is 13.2. The number of fused-ring (bicyclic) bond motifs is 2. The van der Waals surface area contributed by atoms with Gasteiger partial charge in [-0.25, -0.2) is 0 Å². The molecule has 0 saturated carbocycles. The van der Waals surface area contributed by atoms with Crippen molar-refractivity contribution in [2.45, 2.75) is 32.2 Å². The summed E-state index contributed by atoms with van der Waals surface area (Å²) in [6, 6.07) is 27.0. The molecule has 1 aromatic heterocycles. The molecule has 0 fully saturated rings. The molecular weight excluding hydrogens is 544 g/mol. The molecule has 0 spiro atoms. The molecule has 0 saturated heterocycles. The number of nitrogens with one attached hydrogen (secondary N) is 1. The van der Waals surface area contributed by atoms with Crippen LogP contribution in [-0.4, -0.2) is 38.6 Å². The Hall–Kier alpha value is -4.20. The van der Waals surface area contributed by atoms with E-state index in [1.807, 2.05) is 48.5 Å². The Morgan fingerprint density at radius 2 is 1.55 bits per heavy atom. The summed E-state index contributed by atoms with van der Waals surface area (Å²) in [5.74, 6) is 1.29. The minimum Gasteiger partial charge on any atom is -0.493 e. The van der Waals surface area contributed by atoms with Crippen LogP contribution < -0.4 is 20.2 Å². The van der Waals surface area contributed by atoms with Gasteiger partial charge in [-0.3, -0.25) is 9.59 Å². The predicted molar refractivity (Wildman–Crippen MR) is 173 cm³/mol. The van der Waals surface area contributed by atoms with E-state index in [1.165, 1.54) is 22.5 Å². The van der Waals surface area contributed by atoms with Crippen molar-refractivity contribution >= 4 is 43.1 Å². The third kappa shape index (κ3) is 6.81. The highest BCUT2D eigenvalue weighted by Gasteiger charge is 2.15. The zero-order valence-corrected chi connectivity index (χ0v) is 25.1. The summed E-state index contributed by atoms with van der Waals surface area (Å²) < 4.78 is 12.3. The quantitative estimate of drug-likeness (QED) is 0.122. The van der Waals surface area contributed by atoms with Crippen LogP contribution in [0.2, 0.25) is 0 Å². The van der Waals surface area contributed by atoms with E-state index in [2.05, 4.69) is 35.5 Å². The van der Waals surface area contributed by atoms with E-state index in [0.717, 1.165) is 60.7 Å². The molecule has 1 N–H and O–H groups in total. The van der Waals surface area contributed by atoms with Crippen LogP contribution >= 0.6 is 11.3 Å². The second-order valence-electron chi connectivity index (χ2n) is 10.5. The monoisotopic (exact) mass is 580 g/mol. The molecule has 6 nitrogen and oxygen atoms in total. The van der Waals surface area contributed by atoms with Crippen molar-refractivity contribution in [1.82, 2.24) is 4.90 Å². The molecule has 7 heteroatoms. The van der Waals surface area contributed by atoms with Gasteiger partial charge in [-0.1, -0.05) is 42.8 Å². The zero-order chi connectivity index (χ0) is 29.5. The number of ether oxygens (including phenoxy) is 2. The van der Waals surface area contributed by atoms with Crippen molar-refractivity contribution in [1.29, 1.82) is 0 Å². The van der Waals surface area contributed by atoms with E-state index in [4.69, 9.17) is 9.47 Å². The van der Waals surface area contributed by atoms with Crippen LogP contribution in [0.1, 0.15) is 40.7 Å². The molecule has 1 heterocycles. The minimum atomic E-state index is -0.212. The fraction of sp³-hybridized carbons (Fsp3) is 0.257. The first-order valence-corrected chi connectivity index (χ1v) is 15.0. The Kier molecular flexibility index (Phi) is 9.52. The zero-order valence-electron chi connectivity index (χ0n) is 24.3. The summed E-state index contributed by atoms with van der Waals surface area (Å²) in [5.41, 5.74) is 3.67. The number of carbonyl (C=O) groups excluding carboxylic acids is 1. The van der Waals surface area contributed by atoms with Crippen molar-refractivity contribution in [2.75, 3.05) is 33.1 Å². The second-order valence-corrected chi connectivity index (χ2v) is 11.6. The summed E-state index contributed by atoms with van der Waals surface area (Å²) in [6.07, 6.45) is 4.38. The Balaban J connectivity index is 1.10. The number of hydrogen-bond acceptors (Lipinski definition) is 6. The number of benzene rings is 4. The first kappa shape index (κ1) is 29.3. The van der Waals surface area contributed by atoms with Crippen LogP contribution in [0.15, 0.2) is 89.7 Å². The van der Waals surface area contributed by atoms with Gasteiger partial charge in [0.25, 0.3) is 5.91 Å². The Bertz CT molecular complexity index is 1750. The number of aryl methyl sites for hydroxylation is 1. The smallest absolute Gasteiger partial charge is 0.257 e. The predicted octanol–water partition coefficient (Wildman–Crippen LogP) is 7.53. The van der Waals surface area contributed by atoms with E-state index < -0.39 is 0 Å². The summed E-state index contributed by atoms with van der Waals surface area (Å²) in [6.45, 7) is 1.89. The van der Waals surface area contributed by atoms with Gasteiger partial charge in [0.15, 0.2) is 16.9 Å². The van der Waals surface area contributed by atoms with Gasteiger partial charge in [0, 0.05) is 27.7 Å². The number of unbranched alkanes of at least 4 members (excludes halogenated alkanes) is 2. The summed E-state index contributed by atoms with van der Waals surface area (Å²) in [5, 5.41) is 4.28. The number of nitrogens with zero attached hydrogens (tertiary/aromatic N) is 1. The Morgan fingerprint density at radius 1 is 0.810 bits per heavy atom. The van der Waals surface area contributed by atoms with Gasteiger partial charge < -0.3 is 19.7 Å². The molecule has 0 radical (unpaired) electrons. The number of hydrogen-bond donors (Lipinski definition) is 1. The first-order chi connectivity index (χ1) is 20.5. The van der Waals surface area contributed by atoms with Gasteiger partial charge in [-0.05, 0) is 92.5 Å². The van der Waals surface area contributed by atoms with Gasteiger partial charge in [0.05, 0.1) is 24.5 Å². The third-order valence-electron chi connectivity index (χ3n) is 7.47. The summed E-state index contributed by atoms with van der Waals surface area (Å²) >= 11 is 1.48. The number of carbonyl (C=O) groups is 1. The molecule has 1 amide bonds. The van der Waals surface area contributed by atoms with Crippen molar-refractivity contribution in [3.8, 4) is 11.5 Å². The molecule has 0 unspecified atom stereocenters. The largest absolute Gasteiger partial charge is 0.493 e. The van der Waals surface area contributed by atoms with E-state index in [9.17, 15) is 9.59 Å². The third-order valence-corrected chi connectivity index (χ3v) is 8.69. The molecule has 0 aliphatic carbocycles. The average molecular weight is 581 g/mol. The lowest BCUT2D eigenvalue weighted by Crippen LogP contribution is -2.19. The lowest BCUT2D eigenvalue weighted by Gasteiger charge is -2.17. The molecule has 42 heavy (non-hydrogen) atoms. The molecule has 4 aromatic carbocycles. The Labute approximate surface area is 250 Å². The van der Waals surface area contributed by atoms with E-state index in [1.54, 1.807) is 32.4 Å². The molecule has 5 rings (SSSR count). The topological polar surface area (TPSA) is 67.9 Å². The lowest BCUT2D eigenvalue weighted by atomic mass is 10.1. The molecule has 0 bridgehead atoms. The molecule has 216 valence electrons. The van der Waals surface area contributed by atoms with Crippen LogP contribution in [0, 0.1) is 0 Å². The van der Waals surface area contributed by atoms with Gasteiger partial charge in [-0.15, -0.1) is 11.3 Å². The SMILES string of the molecule is COc1ccc(CN(C)CCCCCc2ccc(NC(=O)c3cccc4c(=O)c5ccccc5sc34)cc2)cc1OC. The van der Waals surface area contributed by atoms with Crippen LogP contribution in [-0.2, 0) is 13.0 Å². The number of anilines is 1. The highest BCUT2D eigenvalue weighted by molar-refractivity contribution is 7.24. The van der Waals surface area contributed by atoms with Gasteiger partial charge in [0.1, 0.15) is 0 Å². The first-order valence-electron chi connectivity index (χ1n) is 14.2. The van der Waals surface area contributed by atoms with Crippen molar-refractivity contribution in [3.05, 3.63) is 112 Å². The number of rotatable bonds is 12. The molecule has 5 aromatic rings. The maximum absolute atomic E-state index is 13.2. The van der Waals surface area contributed by atoms with Gasteiger partial charge >= 0.3 is 0 Å². The lowest BCUT2D eigenvalue weighted by molar-refractivity contribution is 0.102. The fourth-order valence-electron chi connectivity index (χ4n) is 5.21. The summed E-state index contributed by atoms with van der Waals surface area (Å²) in [4.78, 5) is 28.5. The van der Waals surface area contributed by atoms with E-state index in [-0.39, 0.29) is 11.3 Å². The second kappa shape index (κ2) is 13.6. The van der Waals surface area contributed by atoms with Crippen molar-refractivity contribution in [2.24, 2.45) is 0 Å². The normalized spacial score (nSPS) is 11.2. The van der Waals surface area contributed by atoms with E-state index >= 15 is 0 Å². The highest BCUT2D eigenvalue weighted by atomic mass is 32.1. The van der Waals surface area contributed by atoms with Crippen molar-refractivity contribution in [3.63, 3.8) is 0 Å². The van der Waals surface area contributed by atoms with E-state index in [0.29, 0.717) is 21.0 Å². The molecule has 0 aliphatic heterocycles. The average Bonchev–Trinajstić information content (AvgIpc) is 3.01. The minimum absolute atomic E-state index is 0.0390. The molecular formula is C35H36N2O4S. The van der Waals surface area contributed by atoms with Crippen LogP contribution in [0.4, 0.5) is 5.69 Å². The molecule has 0 atom stereocenters. The summed E-state index contributed by atoms with van der Waals surface area (Å²) in [7, 11) is 5.45. The number of amides is 1. The standard InChI is InChI=1S/C35H36N2O4S/c1-37(23-25-17-20-30(40-2)31(22-25)41-3)21-8-4-5-10-24-15-18-26(19-16-24)36-35(39)29-13-9-12-28-33(38)27-11-6-7-14-32(27)42-34(28)29/h6-7,9,11-20,22H,4-5,8,10,21,23H2,1-3H3,(H,36,39). The van der Waals surface area contributed by atoms with Crippen molar-refractivity contribution < 1.29 is 14.3 Å². The maximum Gasteiger partial charge on any atom is 0.257 e. The van der Waals surface area contributed by atoms with Gasteiger partial charge in [-0.2, -0.15) is 0 Å². The molecule has 0 aliphatic rings. The Morgan fingerprint density at radius 3 is 2.33 bits per heavy atom.